The van der Waals surface area contributed by atoms with E-state index in [1.54, 1.807) is 0 Å². The number of aliphatic hydroxyl groups excluding tert-OH is 1. The van der Waals surface area contributed by atoms with Crippen LogP contribution in [0.3, 0.4) is 0 Å². The van der Waals surface area contributed by atoms with E-state index in [9.17, 15) is 5.11 Å². The molecule has 90 valence electrons. The Hall–Kier alpha value is -0.0800. The fourth-order valence-electron chi connectivity index (χ4n) is 2.50. The summed E-state index contributed by atoms with van der Waals surface area (Å²) in [4.78, 5) is 0. The van der Waals surface area contributed by atoms with Crippen LogP contribution in [-0.4, -0.2) is 23.9 Å². The van der Waals surface area contributed by atoms with Gasteiger partial charge in [-0.15, -0.1) is 0 Å². The van der Waals surface area contributed by atoms with E-state index in [2.05, 4.69) is 13.8 Å². The van der Waals surface area contributed by atoms with Crippen molar-refractivity contribution in [2.75, 3.05) is 6.61 Å². The van der Waals surface area contributed by atoms with Crippen molar-refractivity contribution in [1.82, 2.24) is 0 Å². The van der Waals surface area contributed by atoms with Gasteiger partial charge in [-0.2, -0.15) is 0 Å². The van der Waals surface area contributed by atoms with Gasteiger partial charge in [0.25, 0.3) is 0 Å². The summed E-state index contributed by atoms with van der Waals surface area (Å²) in [5.74, 6) is 0.495. The molecule has 0 spiro atoms. The number of rotatable bonds is 7. The third-order valence-electron chi connectivity index (χ3n) is 3.64. The van der Waals surface area contributed by atoms with Crippen molar-refractivity contribution in [2.45, 2.75) is 71.0 Å². The lowest BCUT2D eigenvalue weighted by Crippen LogP contribution is -2.19. The molecule has 2 unspecified atom stereocenters. The predicted molar refractivity (Wildman–Crippen MR) is 62.9 cm³/mol. The summed E-state index contributed by atoms with van der Waals surface area (Å²) < 4.78 is 5.57. The van der Waals surface area contributed by atoms with Crippen molar-refractivity contribution in [3.05, 3.63) is 0 Å². The smallest absolute Gasteiger partial charge is 0.0576 e. The van der Waals surface area contributed by atoms with Crippen LogP contribution in [0.5, 0.6) is 0 Å². The van der Waals surface area contributed by atoms with Crippen LogP contribution in [-0.2, 0) is 4.74 Å². The third-order valence-corrected chi connectivity index (χ3v) is 3.64. The maximum absolute atomic E-state index is 9.94. The summed E-state index contributed by atoms with van der Waals surface area (Å²) >= 11 is 0. The van der Waals surface area contributed by atoms with E-state index in [0.717, 1.165) is 38.7 Å². The van der Waals surface area contributed by atoms with E-state index in [1.807, 2.05) is 0 Å². The SMILES string of the molecule is CCC(CC)C(O)CCCC1CCCO1. The van der Waals surface area contributed by atoms with Crippen molar-refractivity contribution in [3.8, 4) is 0 Å². The Balaban J connectivity index is 2.07. The fourth-order valence-corrected chi connectivity index (χ4v) is 2.50. The molecule has 2 atom stereocenters. The van der Waals surface area contributed by atoms with Gasteiger partial charge in [-0.3, -0.25) is 0 Å². The average Bonchev–Trinajstić information content (AvgIpc) is 2.72. The van der Waals surface area contributed by atoms with Crippen LogP contribution in [0.1, 0.15) is 58.8 Å². The fraction of sp³-hybridized carbons (Fsp3) is 1.00. The molecule has 1 rings (SSSR count). The molecule has 1 saturated heterocycles. The van der Waals surface area contributed by atoms with Crippen LogP contribution in [0, 0.1) is 5.92 Å². The summed E-state index contributed by atoms with van der Waals surface area (Å²) in [5, 5.41) is 9.94. The van der Waals surface area contributed by atoms with Crippen LogP contribution < -0.4 is 0 Å². The molecule has 1 fully saturated rings. The zero-order chi connectivity index (χ0) is 11.1. The quantitative estimate of drug-likeness (QED) is 0.705. The second-order valence-corrected chi connectivity index (χ2v) is 4.71. The second kappa shape index (κ2) is 7.24. The Morgan fingerprint density at radius 1 is 1.33 bits per heavy atom. The number of hydrogen-bond acceptors (Lipinski definition) is 2. The first-order chi connectivity index (χ1) is 7.27. The Kier molecular flexibility index (Phi) is 6.26. The molecule has 0 aromatic heterocycles. The van der Waals surface area contributed by atoms with Crippen LogP contribution in [0.15, 0.2) is 0 Å². The van der Waals surface area contributed by atoms with Gasteiger partial charge in [0.05, 0.1) is 12.2 Å². The van der Waals surface area contributed by atoms with Crippen molar-refractivity contribution in [2.24, 2.45) is 5.92 Å². The molecule has 1 heterocycles. The Labute approximate surface area is 94.0 Å². The molecule has 15 heavy (non-hydrogen) atoms. The van der Waals surface area contributed by atoms with Crippen LogP contribution in [0.4, 0.5) is 0 Å². The van der Waals surface area contributed by atoms with Gasteiger partial charge >= 0.3 is 0 Å². The minimum atomic E-state index is -0.0959. The van der Waals surface area contributed by atoms with Crippen LogP contribution in [0.25, 0.3) is 0 Å². The van der Waals surface area contributed by atoms with Gasteiger partial charge < -0.3 is 9.84 Å². The minimum absolute atomic E-state index is 0.0959. The largest absolute Gasteiger partial charge is 0.393 e. The van der Waals surface area contributed by atoms with E-state index in [-0.39, 0.29) is 6.10 Å². The van der Waals surface area contributed by atoms with Crippen molar-refractivity contribution in [1.29, 1.82) is 0 Å². The van der Waals surface area contributed by atoms with Gasteiger partial charge in [0.1, 0.15) is 0 Å². The molecule has 0 radical (unpaired) electrons. The van der Waals surface area contributed by atoms with Gasteiger partial charge in [0, 0.05) is 6.61 Å². The molecule has 1 aliphatic heterocycles. The first kappa shape index (κ1) is 13.0. The van der Waals surface area contributed by atoms with E-state index in [1.165, 1.54) is 12.8 Å². The van der Waals surface area contributed by atoms with Crippen molar-refractivity contribution in [3.63, 3.8) is 0 Å². The molecule has 0 bridgehead atoms. The van der Waals surface area contributed by atoms with Gasteiger partial charge in [0.15, 0.2) is 0 Å². The zero-order valence-corrected chi connectivity index (χ0v) is 10.2. The van der Waals surface area contributed by atoms with Crippen molar-refractivity contribution >= 4 is 0 Å². The molecule has 2 heteroatoms. The Bertz CT molecular complexity index is 149. The molecular formula is C13H26O2. The van der Waals surface area contributed by atoms with Crippen LogP contribution >= 0.6 is 0 Å². The summed E-state index contributed by atoms with van der Waals surface area (Å²) in [7, 11) is 0. The molecule has 0 aromatic rings. The summed E-state index contributed by atoms with van der Waals surface area (Å²) in [6, 6.07) is 0. The van der Waals surface area contributed by atoms with E-state index in [4.69, 9.17) is 4.74 Å². The first-order valence-corrected chi connectivity index (χ1v) is 6.57. The highest BCUT2D eigenvalue weighted by molar-refractivity contribution is 4.69. The topological polar surface area (TPSA) is 29.5 Å². The zero-order valence-electron chi connectivity index (χ0n) is 10.2. The highest BCUT2D eigenvalue weighted by atomic mass is 16.5. The van der Waals surface area contributed by atoms with Gasteiger partial charge in [0.2, 0.25) is 0 Å². The molecule has 1 N–H and O–H groups in total. The normalized spacial score (nSPS) is 23.6. The average molecular weight is 214 g/mol. The molecule has 0 aromatic carbocycles. The molecular weight excluding hydrogens is 188 g/mol. The third kappa shape index (κ3) is 4.52. The monoisotopic (exact) mass is 214 g/mol. The minimum Gasteiger partial charge on any atom is -0.393 e. The Morgan fingerprint density at radius 3 is 2.60 bits per heavy atom. The van der Waals surface area contributed by atoms with Crippen molar-refractivity contribution < 1.29 is 9.84 Å². The number of hydrogen-bond donors (Lipinski definition) is 1. The van der Waals surface area contributed by atoms with E-state index < -0.39 is 0 Å². The summed E-state index contributed by atoms with van der Waals surface area (Å²) in [5.41, 5.74) is 0. The highest BCUT2D eigenvalue weighted by Crippen LogP contribution is 2.21. The molecule has 0 saturated carbocycles. The molecule has 0 aliphatic carbocycles. The summed E-state index contributed by atoms with van der Waals surface area (Å²) in [6.07, 6.45) is 8.22. The first-order valence-electron chi connectivity index (χ1n) is 6.57. The lowest BCUT2D eigenvalue weighted by molar-refractivity contribution is 0.0743. The molecule has 2 nitrogen and oxygen atoms in total. The standard InChI is InChI=1S/C13H26O2/c1-3-11(4-2)13(14)9-5-7-12-8-6-10-15-12/h11-14H,3-10H2,1-2H3. The maximum Gasteiger partial charge on any atom is 0.0576 e. The highest BCUT2D eigenvalue weighted by Gasteiger charge is 2.18. The van der Waals surface area contributed by atoms with E-state index >= 15 is 0 Å². The van der Waals surface area contributed by atoms with Gasteiger partial charge in [-0.1, -0.05) is 26.7 Å². The number of ether oxygens (including phenoxy) is 1. The second-order valence-electron chi connectivity index (χ2n) is 4.71. The van der Waals surface area contributed by atoms with Gasteiger partial charge in [-0.25, -0.2) is 0 Å². The van der Waals surface area contributed by atoms with E-state index in [0.29, 0.717) is 12.0 Å². The molecule has 0 amide bonds. The van der Waals surface area contributed by atoms with Crippen LogP contribution in [0.2, 0.25) is 0 Å². The molecule has 1 aliphatic rings. The lowest BCUT2D eigenvalue weighted by atomic mass is 9.92. The Morgan fingerprint density at radius 2 is 2.07 bits per heavy atom. The number of aliphatic hydroxyl groups is 1. The van der Waals surface area contributed by atoms with Gasteiger partial charge in [-0.05, 0) is 38.0 Å². The lowest BCUT2D eigenvalue weighted by Gasteiger charge is -2.20. The summed E-state index contributed by atoms with van der Waals surface area (Å²) in [6.45, 7) is 5.27. The maximum atomic E-state index is 9.94. The predicted octanol–water partition coefficient (Wildman–Crippen LogP) is 3.13.